The van der Waals surface area contributed by atoms with Crippen molar-refractivity contribution in [1.29, 1.82) is 0 Å². The predicted molar refractivity (Wildman–Crippen MR) is 139 cm³/mol. The van der Waals surface area contributed by atoms with E-state index in [2.05, 4.69) is 10.6 Å². The molecular formula is C27H24Cl2N2O5. The van der Waals surface area contributed by atoms with Crippen LogP contribution in [0.15, 0.2) is 60.7 Å². The third-order valence-corrected chi connectivity index (χ3v) is 6.14. The predicted octanol–water partition coefficient (Wildman–Crippen LogP) is 5.27. The third kappa shape index (κ3) is 6.30. The molecule has 1 unspecified atom stereocenters. The van der Waals surface area contributed by atoms with Gasteiger partial charge in [0.1, 0.15) is 6.04 Å². The highest BCUT2D eigenvalue weighted by Crippen LogP contribution is 2.25. The Morgan fingerprint density at radius 2 is 1.47 bits per heavy atom. The molecule has 0 bridgehead atoms. The number of ketones is 1. The average Bonchev–Trinajstić information content (AvgIpc) is 2.83. The van der Waals surface area contributed by atoms with Crippen LogP contribution >= 0.6 is 23.2 Å². The van der Waals surface area contributed by atoms with Crippen LogP contribution in [0.3, 0.4) is 0 Å². The first kappa shape index (κ1) is 26.9. The Bertz CT molecular complexity index is 1300. The van der Waals surface area contributed by atoms with E-state index in [1.165, 1.54) is 14.0 Å². The Hall–Kier alpha value is -3.68. The van der Waals surface area contributed by atoms with Crippen LogP contribution in [0.2, 0.25) is 10.0 Å². The van der Waals surface area contributed by atoms with Crippen molar-refractivity contribution in [2.75, 3.05) is 12.4 Å². The van der Waals surface area contributed by atoms with Crippen LogP contribution in [0.1, 0.15) is 49.1 Å². The van der Waals surface area contributed by atoms with Crippen molar-refractivity contribution < 1.29 is 23.9 Å². The van der Waals surface area contributed by atoms with Crippen molar-refractivity contribution in [2.24, 2.45) is 0 Å². The van der Waals surface area contributed by atoms with E-state index in [9.17, 15) is 19.2 Å². The molecule has 2 N–H and O–H groups in total. The molecule has 3 aromatic rings. The van der Waals surface area contributed by atoms with Gasteiger partial charge in [0.2, 0.25) is 0 Å². The van der Waals surface area contributed by atoms with E-state index in [0.29, 0.717) is 16.8 Å². The maximum atomic E-state index is 13.0. The molecule has 0 radical (unpaired) electrons. The zero-order chi connectivity index (χ0) is 26.4. The normalized spacial score (nSPS) is 11.4. The molecule has 3 rings (SSSR count). The lowest BCUT2D eigenvalue weighted by Crippen LogP contribution is -2.43. The molecular weight excluding hydrogens is 503 g/mol. The lowest BCUT2D eigenvalue weighted by atomic mass is 9.97. The number of carbonyl (C=O) groups excluding carboxylic acids is 4. The van der Waals surface area contributed by atoms with Gasteiger partial charge in [0.25, 0.3) is 11.8 Å². The molecule has 3 aromatic carbocycles. The Balaban J connectivity index is 1.76. The molecule has 0 aromatic heterocycles. The number of carbonyl (C=O) groups is 4. The fourth-order valence-electron chi connectivity index (χ4n) is 3.70. The molecule has 0 fully saturated rings. The van der Waals surface area contributed by atoms with Gasteiger partial charge >= 0.3 is 5.97 Å². The topological polar surface area (TPSA) is 102 Å². The van der Waals surface area contributed by atoms with Crippen molar-refractivity contribution in [3.63, 3.8) is 0 Å². The molecule has 9 heteroatoms. The van der Waals surface area contributed by atoms with Gasteiger partial charge < -0.3 is 15.4 Å². The summed E-state index contributed by atoms with van der Waals surface area (Å²) in [4.78, 5) is 50.1. The first-order valence-corrected chi connectivity index (χ1v) is 11.7. The van der Waals surface area contributed by atoms with Gasteiger partial charge in [-0.15, -0.1) is 0 Å². The van der Waals surface area contributed by atoms with Gasteiger partial charge in [0.15, 0.2) is 5.78 Å². The number of aryl methyl sites for hydroxylation is 1. The summed E-state index contributed by atoms with van der Waals surface area (Å²) in [5.74, 6) is -1.90. The second kappa shape index (κ2) is 11.8. The van der Waals surface area contributed by atoms with E-state index in [0.717, 1.165) is 0 Å². The van der Waals surface area contributed by atoms with Crippen LogP contribution in [0.4, 0.5) is 5.69 Å². The number of halogens is 2. The smallest absolute Gasteiger partial charge is 0.328 e. The summed E-state index contributed by atoms with van der Waals surface area (Å²) in [5, 5.41) is 5.88. The van der Waals surface area contributed by atoms with Gasteiger partial charge in [-0.25, -0.2) is 4.79 Å². The Morgan fingerprint density at radius 1 is 0.861 bits per heavy atom. The molecule has 7 nitrogen and oxygen atoms in total. The zero-order valence-corrected chi connectivity index (χ0v) is 21.4. The fraction of sp³-hybridized carbons (Fsp3) is 0.185. The second-order valence-electron chi connectivity index (χ2n) is 8.05. The Morgan fingerprint density at radius 3 is 2.06 bits per heavy atom. The number of Topliss-reactive ketones (excluding diaryl/α,β-unsaturated/α-hetero) is 1. The summed E-state index contributed by atoms with van der Waals surface area (Å²) in [6, 6.07) is 15.5. The van der Waals surface area contributed by atoms with Crippen LogP contribution in [0.25, 0.3) is 0 Å². The maximum Gasteiger partial charge on any atom is 0.328 e. The fourth-order valence-corrected chi connectivity index (χ4v) is 4.27. The molecule has 0 heterocycles. The van der Waals surface area contributed by atoms with Gasteiger partial charge in [-0.1, -0.05) is 59.6 Å². The van der Waals surface area contributed by atoms with Gasteiger partial charge in [-0.2, -0.15) is 0 Å². The summed E-state index contributed by atoms with van der Waals surface area (Å²) >= 11 is 12.2. The van der Waals surface area contributed by atoms with Crippen LogP contribution in [-0.4, -0.2) is 36.7 Å². The van der Waals surface area contributed by atoms with E-state index in [4.69, 9.17) is 27.9 Å². The average molecular weight is 527 g/mol. The number of hydrogen-bond donors (Lipinski definition) is 2. The second-order valence-corrected chi connectivity index (χ2v) is 8.87. The van der Waals surface area contributed by atoms with E-state index in [1.54, 1.807) is 67.6 Å². The molecule has 0 saturated heterocycles. The van der Waals surface area contributed by atoms with Gasteiger partial charge in [0.05, 0.1) is 28.3 Å². The highest BCUT2D eigenvalue weighted by Gasteiger charge is 2.25. The highest BCUT2D eigenvalue weighted by atomic mass is 35.5. The number of benzene rings is 3. The molecule has 0 spiro atoms. The zero-order valence-electron chi connectivity index (χ0n) is 19.9. The van der Waals surface area contributed by atoms with Crippen LogP contribution in [-0.2, 0) is 16.0 Å². The number of rotatable bonds is 8. The van der Waals surface area contributed by atoms with Crippen molar-refractivity contribution in [3.05, 3.63) is 98.5 Å². The molecule has 1 atom stereocenters. The molecule has 36 heavy (non-hydrogen) atoms. The number of hydrogen-bond acceptors (Lipinski definition) is 5. The maximum absolute atomic E-state index is 13.0. The van der Waals surface area contributed by atoms with E-state index < -0.39 is 23.8 Å². The molecule has 0 aliphatic rings. The SMILES string of the molecule is COC(=O)C(Cc1ccc(NC(=O)c2c(Cl)cccc2Cl)cc1)NC(=O)c1c(C)cccc1C(C)=O. The number of ether oxygens (including phenoxy) is 1. The molecule has 0 aliphatic carbocycles. The van der Waals surface area contributed by atoms with Crippen LogP contribution < -0.4 is 10.6 Å². The minimum atomic E-state index is -0.996. The largest absolute Gasteiger partial charge is 0.467 e. The summed E-state index contributed by atoms with van der Waals surface area (Å²) in [7, 11) is 1.23. The minimum absolute atomic E-state index is 0.129. The van der Waals surface area contributed by atoms with Crippen LogP contribution in [0.5, 0.6) is 0 Å². The summed E-state index contributed by atoms with van der Waals surface area (Å²) in [6.45, 7) is 3.10. The molecule has 2 amide bonds. The minimum Gasteiger partial charge on any atom is -0.467 e. The summed E-state index contributed by atoms with van der Waals surface area (Å²) < 4.78 is 4.87. The lowest BCUT2D eigenvalue weighted by molar-refractivity contribution is -0.142. The third-order valence-electron chi connectivity index (χ3n) is 5.51. The van der Waals surface area contributed by atoms with Crippen molar-refractivity contribution in [1.82, 2.24) is 5.32 Å². The molecule has 0 aliphatic heterocycles. The Kier molecular flexibility index (Phi) is 8.85. The van der Waals surface area contributed by atoms with Crippen LogP contribution in [0, 0.1) is 6.92 Å². The Labute approximate surface area is 218 Å². The number of amides is 2. The molecule has 186 valence electrons. The first-order chi connectivity index (χ1) is 17.1. The van der Waals surface area contributed by atoms with Crippen molar-refractivity contribution in [3.8, 4) is 0 Å². The van der Waals surface area contributed by atoms with Gasteiger partial charge in [-0.05, 0) is 49.2 Å². The van der Waals surface area contributed by atoms with Gasteiger partial charge in [0, 0.05) is 17.7 Å². The standard InChI is InChI=1S/C27H24Cl2N2O5/c1-15-6-4-7-19(16(2)32)23(15)25(33)31-22(27(35)36-3)14-17-10-12-18(13-11-17)30-26(34)24-20(28)8-5-9-21(24)29/h4-13,22H,14H2,1-3H3,(H,30,34)(H,31,33). The summed E-state index contributed by atoms with van der Waals surface area (Å²) in [5.41, 5.74) is 2.47. The highest BCUT2D eigenvalue weighted by molar-refractivity contribution is 6.40. The van der Waals surface area contributed by atoms with Crippen molar-refractivity contribution in [2.45, 2.75) is 26.3 Å². The lowest BCUT2D eigenvalue weighted by Gasteiger charge is -2.19. The van der Waals surface area contributed by atoms with E-state index >= 15 is 0 Å². The first-order valence-electron chi connectivity index (χ1n) is 11.0. The van der Waals surface area contributed by atoms with E-state index in [-0.39, 0.29) is 38.9 Å². The number of esters is 1. The number of nitrogens with one attached hydrogen (secondary N) is 2. The van der Waals surface area contributed by atoms with Crippen molar-refractivity contribution >= 4 is 52.5 Å². The summed E-state index contributed by atoms with van der Waals surface area (Å²) in [6.07, 6.45) is 0.129. The molecule has 0 saturated carbocycles. The van der Waals surface area contributed by atoms with Gasteiger partial charge in [-0.3, -0.25) is 14.4 Å². The monoisotopic (exact) mass is 526 g/mol. The van der Waals surface area contributed by atoms with E-state index in [1.807, 2.05) is 0 Å². The number of anilines is 1. The number of methoxy groups -OCH3 is 1. The quantitative estimate of drug-likeness (QED) is 0.307.